The van der Waals surface area contributed by atoms with Gasteiger partial charge in [0.2, 0.25) is 11.8 Å². The number of nitrogens with two attached hydrogens (primary N) is 1. The number of hydrogen-bond donors (Lipinski definition) is 2. The fourth-order valence-corrected chi connectivity index (χ4v) is 3.49. The van der Waals surface area contributed by atoms with Gasteiger partial charge in [0.1, 0.15) is 5.82 Å². The summed E-state index contributed by atoms with van der Waals surface area (Å²) in [6, 6.07) is 5.49. The summed E-state index contributed by atoms with van der Waals surface area (Å²) in [4.78, 5) is 29.6. The van der Waals surface area contributed by atoms with Gasteiger partial charge in [0.15, 0.2) is 5.82 Å². The molecule has 1 aromatic carbocycles. The second kappa shape index (κ2) is 7.42. The van der Waals surface area contributed by atoms with Crippen LogP contribution in [0.1, 0.15) is 40.3 Å². The average Bonchev–Trinajstić information content (AvgIpc) is 2.67. The van der Waals surface area contributed by atoms with E-state index >= 15 is 0 Å². The van der Waals surface area contributed by atoms with Gasteiger partial charge < -0.3 is 15.8 Å². The number of aromatic nitrogens is 4. The quantitative estimate of drug-likeness (QED) is 0.698. The first-order chi connectivity index (χ1) is 14.0. The lowest BCUT2D eigenvalue weighted by molar-refractivity contribution is 0.0922. The summed E-state index contributed by atoms with van der Waals surface area (Å²) in [5.41, 5.74) is 8.41. The zero-order valence-electron chi connectivity index (χ0n) is 15.9. The minimum Gasteiger partial charge on any atom is -0.478 e. The predicted octanol–water partition coefficient (Wildman–Crippen LogP) is 2.39. The topological polar surface area (TPSA) is 116 Å². The summed E-state index contributed by atoms with van der Waals surface area (Å²) in [7, 11) is 0. The Hall–Kier alpha value is -3.62. The molecular weight excluding hydrogens is 375 g/mol. The first kappa shape index (κ1) is 18.7. The molecule has 0 aliphatic carbocycles. The molecule has 0 radical (unpaired) electrons. The molecule has 1 aliphatic rings. The van der Waals surface area contributed by atoms with Gasteiger partial charge in [-0.3, -0.25) is 4.79 Å². The molecule has 4 rings (SSSR count). The van der Waals surface area contributed by atoms with Crippen molar-refractivity contribution < 1.29 is 13.9 Å². The van der Waals surface area contributed by atoms with Crippen LogP contribution >= 0.6 is 0 Å². The molecule has 2 aromatic heterocycles. The summed E-state index contributed by atoms with van der Waals surface area (Å²) in [6.45, 7) is 4.01. The first-order valence-corrected chi connectivity index (χ1v) is 9.15. The molecule has 1 unspecified atom stereocenters. The molecule has 0 bridgehead atoms. The maximum absolute atomic E-state index is 14.1. The average molecular weight is 394 g/mol. The number of benzene rings is 1. The van der Waals surface area contributed by atoms with Crippen LogP contribution in [-0.2, 0) is 6.42 Å². The zero-order valence-corrected chi connectivity index (χ0v) is 15.9. The Bertz CT molecular complexity index is 1100. The predicted molar refractivity (Wildman–Crippen MR) is 104 cm³/mol. The van der Waals surface area contributed by atoms with Crippen molar-refractivity contribution in [3.63, 3.8) is 0 Å². The Morgan fingerprint density at radius 3 is 2.90 bits per heavy atom. The number of fused-ring (bicyclic) bond motifs is 1. The van der Waals surface area contributed by atoms with Gasteiger partial charge in [-0.1, -0.05) is 6.07 Å². The number of hydrogen-bond acceptors (Lipinski definition) is 7. The van der Waals surface area contributed by atoms with Crippen LogP contribution in [0.15, 0.2) is 30.5 Å². The molecule has 0 spiro atoms. The van der Waals surface area contributed by atoms with E-state index in [4.69, 9.17) is 10.5 Å². The van der Waals surface area contributed by atoms with E-state index in [0.717, 1.165) is 0 Å². The number of rotatable bonds is 4. The van der Waals surface area contributed by atoms with Crippen molar-refractivity contribution in [2.24, 2.45) is 0 Å². The minimum absolute atomic E-state index is 0.113. The standard InChI is InChI=1S/C20H19FN6O2/c1-3-29-16-6-7-23-18(27-16)13-8-11(21)4-5-12(13)14-9-15-17(19(28)25-14)10(2)24-20(22)26-15/h4-8,14H,3,9H2,1-2H3,(H,25,28)(H2,22,24,26). The lowest BCUT2D eigenvalue weighted by atomic mass is 9.91. The third-order valence-electron chi connectivity index (χ3n) is 4.67. The number of ether oxygens (including phenoxy) is 1. The SMILES string of the molecule is CCOc1ccnc(-c2cc(F)ccc2C2Cc3nc(N)nc(C)c3C(=O)N2)n1. The van der Waals surface area contributed by atoms with Crippen LogP contribution < -0.4 is 15.8 Å². The maximum atomic E-state index is 14.1. The Morgan fingerprint density at radius 1 is 1.28 bits per heavy atom. The molecule has 8 nitrogen and oxygen atoms in total. The highest BCUT2D eigenvalue weighted by Gasteiger charge is 2.31. The minimum atomic E-state index is -0.446. The third-order valence-corrected chi connectivity index (χ3v) is 4.67. The number of carbonyl (C=O) groups excluding carboxylic acids is 1. The normalized spacial score (nSPS) is 15.6. The molecule has 148 valence electrons. The lowest BCUT2D eigenvalue weighted by Gasteiger charge is -2.27. The molecule has 0 saturated carbocycles. The van der Waals surface area contributed by atoms with Crippen LogP contribution in [0.5, 0.6) is 5.88 Å². The fraction of sp³-hybridized carbons (Fsp3) is 0.250. The van der Waals surface area contributed by atoms with E-state index in [0.29, 0.717) is 52.8 Å². The van der Waals surface area contributed by atoms with E-state index in [1.54, 1.807) is 25.3 Å². The molecule has 9 heteroatoms. The van der Waals surface area contributed by atoms with Crippen LogP contribution in [0.2, 0.25) is 0 Å². The van der Waals surface area contributed by atoms with Crippen LogP contribution in [0.25, 0.3) is 11.4 Å². The third kappa shape index (κ3) is 3.58. The zero-order chi connectivity index (χ0) is 20.5. The smallest absolute Gasteiger partial charge is 0.255 e. The number of aryl methyl sites for hydroxylation is 1. The van der Waals surface area contributed by atoms with Gasteiger partial charge in [0.25, 0.3) is 5.91 Å². The maximum Gasteiger partial charge on any atom is 0.255 e. The van der Waals surface area contributed by atoms with E-state index in [1.165, 1.54) is 12.1 Å². The van der Waals surface area contributed by atoms with Crippen molar-refractivity contribution in [1.29, 1.82) is 0 Å². The summed E-state index contributed by atoms with van der Waals surface area (Å²) in [6.07, 6.45) is 1.94. The van der Waals surface area contributed by atoms with Gasteiger partial charge in [0, 0.05) is 24.2 Å². The van der Waals surface area contributed by atoms with Crippen molar-refractivity contribution in [2.75, 3.05) is 12.3 Å². The van der Waals surface area contributed by atoms with Crippen molar-refractivity contribution >= 4 is 11.9 Å². The van der Waals surface area contributed by atoms with Gasteiger partial charge in [-0.25, -0.2) is 19.3 Å². The van der Waals surface area contributed by atoms with Crippen molar-refractivity contribution in [1.82, 2.24) is 25.3 Å². The molecule has 29 heavy (non-hydrogen) atoms. The summed E-state index contributed by atoms with van der Waals surface area (Å²) in [5, 5.41) is 2.95. The van der Waals surface area contributed by atoms with E-state index in [2.05, 4.69) is 25.3 Å². The van der Waals surface area contributed by atoms with Gasteiger partial charge in [-0.05, 0) is 31.5 Å². The van der Waals surface area contributed by atoms with Crippen LogP contribution in [0.4, 0.5) is 10.3 Å². The summed E-state index contributed by atoms with van der Waals surface area (Å²) < 4.78 is 19.5. The molecule has 1 aliphatic heterocycles. The van der Waals surface area contributed by atoms with E-state index in [9.17, 15) is 9.18 Å². The second-order valence-corrected chi connectivity index (χ2v) is 6.60. The van der Waals surface area contributed by atoms with E-state index < -0.39 is 11.9 Å². The number of halogens is 1. The number of nitrogen functional groups attached to an aromatic ring is 1. The van der Waals surface area contributed by atoms with Crippen molar-refractivity contribution in [2.45, 2.75) is 26.3 Å². The Kier molecular flexibility index (Phi) is 4.79. The van der Waals surface area contributed by atoms with E-state index in [1.807, 2.05) is 6.92 Å². The molecule has 0 saturated heterocycles. The molecule has 0 fully saturated rings. The molecule has 1 amide bonds. The molecular formula is C20H19FN6O2. The van der Waals surface area contributed by atoms with Crippen molar-refractivity contribution in [3.8, 4) is 17.3 Å². The molecule has 1 atom stereocenters. The summed E-state index contributed by atoms with van der Waals surface area (Å²) in [5.74, 6) is 0.0830. The van der Waals surface area contributed by atoms with Crippen molar-refractivity contribution in [3.05, 3.63) is 58.8 Å². The van der Waals surface area contributed by atoms with Crippen LogP contribution in [0, 0.1) is 12.7 Å². The van der Waals surface area contributed by atoms with Crippen LogP contribution in [-0.4, -0.2) is 32.4 Å². The molecule has 3 N–H and O–H groups in total. The van der Waals surface area contributed by atoms with Crippen LogP contribution in [0.3, 0.4) is 0 Å². The first-order valence-electron chi connectivity index (χ1n) is 9.15. The van der Waals surface area contributed by atoms with Gasteiger partial charge in [-0.2, -0.15) is 4.98 Å². The number of nitrogens with zero attached hydrogens (tertiary/aromatic N) is 4. The Morgan fingerprint density at radius 2 is 2.10 bits per heavy atom. The molecule has 3 aromatic rings. The number of amides is 1. The Labute approximate surface area is 166 Å². The lowest BCUT2D eigenvalue weighted by Crippen LogP contribution is -2.37. The highest BCUT2D eigenvalue weighted by molar-refractivity contribution is 5.98. The van der Waals surface area contributed by atoms with E-state index in [-0.39, 0.29) is 11.9 Å². The van der Waals surface area contributed by atoms with Gasteiger partial charge in [0.05, 0.1) is 29.6 Å². The largest absolute Gasteiger partial charge is 0.478 e. The highest BCUT2D eigenvalue weighted by Crippen LogP contribution is 2.33. The highest BCUT2D eigenvalue weighted by atomic mass is 19.1. The number of anilines is 1. The monoisotopic (exact) mass is 394 g/mol. The summed E-state index contributed by atoms with van der Waals surface area (Å²) >= 11 is 0. The molecule has 3 heterocycles. The number of nitrogens with one attached hydrogen (secondary N) is 1. The Balaban J connectivity index is 1.78. The number of carbonyl (C=O) groups is 1. The fourth-order valence-electron chi connectivity index (χ4n) is 3.49. The van der Waals surface area contributed by atoms with Gasteiger partial charge >= 0.3 is 0 Å². The second-order valence-electron chi connectivity index (χ2n) is 6.60. The van der Waals surface area contributed by atoms with Gasteiger partial charge in [-0.15, -0.1) is 0 Å².